The number of hydrogen-bond acceptors (Lipinski definition) is 2. The standard InChI is InChI=1S/C49H30N2S/c1-3-12-31(13-4-1)35-29-42(32-14-5-2-6-15-32)50-43(30-35)34-16-11-17-36(28-34)51-44-20-9-7-18-37(44)39-26-25-38-40(49(39)51)24-22-33-23-27-46-48(47(33)38)41-19-8-10-21-45(41)52-46/h1-30H. The van der Waals surface area contributed by atoms with Gasteiger partial charge in [-0.3, -0.25) is 0 Å². The lowest BCUT2D eigenvalue weighted by atomic mass is 9.96. The van der Waals surface area contributed by atoms with Crippen molar-refractivity contribution >= 4 is 74.9 Å². The first-order valence-electron chi connectivity index (χ1n) is 17.7. The van der Waals surface area contributed by atoms with E-state index in [1.54, 1.807) is 0 Å². The van der Waals surface area contributed by atoms with Gasteiger partial charge in [0.2, 0.25) is 0 Å². The molecule has 0 unspecified atom stereocenters. The van der Waals surface area contributed by atoms with Gasteiger partial charge in [0.15, 0.2) is 0 Å². The largest absolute Gasteiger partial charge is 0.309 e. The fourth-order valence-electron chi connectivity index (χ4n) is 8.21. The van der Waals surface area contributed by atoms with Gasteiger partial charge in [0.25, 0.3) is 0 Å². The van der Waals surface area contributed by atoms with E-state index in [9.17, 15) is 0 Å². The van der Waals surface area contributed by atoms with Crippen LogP contribution in [-0.2, 0) is 0 Å². The summed E-state index contributed by atoms with van der Waals surface area (Å²) in [5.41, 5.74) is 9.95. The maximum absolute atomic E-state index is 5.27. The average molecular weight is 679 g/mol. The van der Waals surface area contributed by atoms with Crippen molar-refractivity contribution in [3.8, 4) is 39.3 Å². The van der Waals surface area contributed by atoms with Crippen molar-refractivity contribution in [1.29, 1.82) is 0 Å². The number of para-hydroxylation sites is 1. The first-order valence-corrected chi connectivity index (χ1v) is 18.5. The van der Waals surface area contributed by atoms with Crippen LogP contribution >= 0.6 is 11.3 Å². The molecule has 0 aliphatic carbocycles. The van der Waals surface area contributed by atoms with E-state index in [-0.39, 0.29) is 0 Å². The Balaban J connectivity index is 1.18. The molecule has 8 aromatic carbocycles. The van der Waals surface area contributed by atoms with E-state index in [0.29, 0.717) is 0 Å². The Labute approximate surface area is 304 Å². The van der Waals surface area contributed by atoms with Crippen LogP contribution in [0.4, 0.5) is 0 Å². The maximum Gasteiger partial charge on any atom is 0.0716 e. The highest BCUT2D eigenvalue weighted by Gasteiger charge is 2.19. The van der Waals surface area contributed by atoms with E-state index in [0.717, 1.165) is 33.8 Å². The third kappa shape index (κ3) is 4.46. The Morgan fingerprint density at radius 1 is 0.385 bits per heavy atom. The van der Waals surface area contributed by atoms with Crippen LogP contribution in [0.1, 0.15) is 0 Å². The van der Waals surface area contributed by atoms with Gasteiger partial charge in [-0.05, 0) is 69.8 Å². The quantitative estimate of drug-likeness (QED) is 0.169. The summed E-state index contributed by atoms with van der Waals surface area (Å²) in [7, 11) is 0. The predicted octanol–water partition coefficient (Wildman–Crippen LogP) is 13.9. The summed E-state index contributed by atoms with van der Waals surface area (Å²) in [5, 5.41) is 10.3. The lowest BCUT2D eigenvalue weighted by Crippen LogP contribution is -1.96. The van der Waals surface area contributed by atoms with E-state index < -0.39 is 0 Å². The zero-order chi connectivity index (χ0) is 34.2. The van der Waals surface area contributed by atoms with Gasteiger partial charge in [-0.15, -0.1) is 11.3 Å². The Kier molecular flexibility index (Phi) is 6.46. The number of pyridine rings is 1. The minimum atomic E-state index is 0.949. The fourth-order valence-corrected chi connectivity index (χ4v) is 9.32. The summed E-state index contributed by atoms with van der Waals surface area (Å²) < 4.78 is 5.12. The van der Waals surface area contributed by atoms with Crippen LogP contribution in [0, 0.1) is 0 Å². The molecule has 0 spiro atoms. The zero-order valence-electron chi connectivity index (χ0n) is 28.1. The molecule has 242 valence electrons. The van der Waals surface area contributed by atoms with Crippen molar-refractivity contribution in [2.24, 2.45) is 0 Å². The van der Waals surface area contributed by atoms with E-state index in [1.165, 1.54) is 69.1 Å². The molecule has 11 rings (SSSR count). The van der Waals surface area contributed by atoms with Gasteiger partial charge in [0.05, 0.1) is 22.4 Å². The molecule has 0 atom stereocenters. The molecule has 0 amide bonds. The van der Waals surface area contributed by atoms with Crippen LogP contribution in [0.3, 0.4) is 0 Å². The summed E-state index contributed by atoms with van der Waals surface area (Å²) in [4.78, 5) is 5.27. The van der Waals surface area contributed by atoms with Crippen molar-refractivity contribution < 1.29 is 0 Å². The molecule has 0 saturated carbocycles. The SMILES string of the molecule is c1ccc(-c2cc(-c3ccccc3)nc(-c3cccc(-n4c5ccccc5c5ccc6c(ccc7ccc8sc9ccccc9c8c76)c54)c3)c2)cc1. The van der Waals surface area contributed by atoms with Crippen LogP contribution in [0.25, 0.3) is 103 Å². The molecule has 11 aromatic rings. The maximum atomic E-state index is 5.27. The van der Waals surface area contributed by atoms with Gasteiger partial charge in [-0.2, -0.15) is 0 Å². The van der Waals surface area contributed by atoms with E-state index in [1.807, 2.05) is 11.3 Å². The van der Waals surface area contributed by atoms with Crippen molar-refractivity contribution in [1.82, 2.24) is 9.55 Å². The Hall–Kier alpha value is -6.55. The minimum absolute atomic E-state index is 0.949. The smallest absolute Gasteiger partial charge is 0.0716 e. The highest BCUT2D eigenvalue weighted by atomic mass is 32.1. The van der Waals surface area contributed by atoms with Gasteiger partial charge in [0.1, 0.15) is 0 Å². The first kappa shape index (κ1) is 29.2. The predicted molar refractivity (Wildman–Crippen MR) is 223 cm³/mol. The molecular formula is C49H30N2S. The second kappa shape index (κ2) is 11.5. The van der Waals surface area contributed by atoms with E-state index in [4.69, 9.17) is 4.98 Å². The molecule has 0 bridgehead atoms. The number of hydrogen-bond donors (Lipinski definition) is 0. The zero-order valence-corrected chi connectivity index (χ0v) is 28.9. The van der Waals surface area contributed by atoms with Crippen LogP contribution in [0.15, 0.2) is 182 Å². The molecule has 0 aliphatic rings. The van der Waals surface area contributed by atoms with E-state index >= 15 is 0 Å². The molecule has 52 heavy (non-hydrogen) atoms. The molecule has 3 heteroatoms. The normalized spacial score (nSPS) is 11.8. The monoisotopic (exact) mass is 678 g/mol. The molecule has 3 aromatic heterocycles. The topological polar surface area (TPSA) is 17.8 Å². The lowest BCUT2D eigenvalue weighted by molar-refractivity contribution is 1.18. The summed E-state index contributed by atoms with van der Waals surface area (Å²) in [5.74, 6) is 0. The van der Waals surface area contributed by atoms with Crippen LogP contribution in [0.5, 0.6) is 0 Å². The van der Waals surface area contributed by atoms with Crippen LogP contribution < -0.4 is 0 Å². The highest BCUT2D eigenvalue weighted by molar-refractivity contribution is 7.26. The number of thiophene rings is 1. The first-order chi connectivity index (χ1) is 25.8. The third-order valence-corrected chi connectivity index (χ3v) is 11.7. The summed E-state index contributed by atoms with van der Waals surface area (Å²) in [6.07, 6.45) is 0. The van der Waals surface area contributed by atoms with Gasteiger partial charge >= 0.3 is 0 Å². The molecule has 0 N–H and O–H groups in total. The Morgan fingerprint density at radius 3 is 1.87 bits per heavy atom. The number of rotatable bonds is 4. The molecule has 3 heterocycles. The molecule has 0 radical (unpaired) electrons. The minimum Gasteiger partial charge on any atom is -0.309 e. The molecule has 2 nitrogen and oxygen atoms in total. The molecule has 0 aliphatic heterocycles. The van der Waals surface area contributed by atoms with Gasteiger partial charge < -0.3 is 4.57 Å². The van der Waals surface area contributed by atoms with Crippen LogP contribution in [0.2, 0.25) is 0 Å². The molecule has 0 fully saturated rings. The van der Waals surface area contributed by atoms with Crippen molar-refractivity contribution in [2.75, 3.05) is 0 Å². The van der Waals surface area contributed by atoms with Crippen molar-refractivity contribution in [3.63, 3.8) is 0 Å². The second-order valence-corrected chi connectivity index (χ2v) is 14.6. The second-order valence-electron chi connectivity index (χ2n) is 13.5. The number of nitrogens with zero attached hydrogens (tertiary/aromatic N) is 2. The Morgan fingerprint density at radius 2 is 1.02 bits per heavy atom. The molecule has 0 saturated heterocycles. The summed E-state index contributed by atoms with van der Waals surface area (Å²) >= 11 is 1.88. The number of aromatic nitrogens is 2. The number of benzene rings is 8. The van der Waals surface area contributed by atoms with Crippen molar-refractivity contribution in [3.05, 3.63) is 182 Å². The van der Waals surface area contributed by atoms with Crippen molar-refractivity contribution in [2.45, 2.75) is 0 Å². The summed E-state index contributed by atoms with van der Waals surface area (Å²) in [6, 6.07) is 66.0. The third-order valence-electron chi connectivity index (χ3n) is 10.6. The van der Waals surface area contributed by atoms with Crippen LogP contribution in [-0.4, -0.2) is 9.55 Å². The van der Waals surface area contributed by atoms with Gasteiger partial charge in [-0.25, -0.2) is 4.98 Å². The Bertz CT molecular complexity index is 3110. The van der Waals surface area contributed by atoms with Gasteiger partial charge in [-0.1, -0.05) is 140 Å². The van der Waals surface area contributed by atoms with E-state index in [2.05, 4.69) is 187 Å². The fraction of sp³-hybridized carbons (Fsp3) is 0. The molecular weight excluding hydrogens is 649 g/mol. The lowest BCUT2D eigenvalue weighted by Gasteiger charge is -2.14. The summed E-state index contributed by atoms with van der Waals surface area (Å²) in [6.45, 7) is 0. The van der Waals surface area contributed by atoms with Gasteiger partial charge in [0, 0.05) is 53.1 Å². The number of fused-ring (bicyclic) bond motifs is 11. The highest BCUT2D eigenvalue weighted by Crippen LogP contribution is 2.44. The average Bonchev–Trinajstić information content (AvgIpc) is 3.77.